The van der Waals surface area contributed by atoms with Gasteiger partial charge in [-0.15, -0.1) is 0 Å². The van der Waals surface area contributed by atoms with E-state index in [2.05, 4.69) is 36.1 Å². The van der Waals surface area contributed by atoms with E-state index in [1.165, 1.54) is 23.8 Å². The van der Waals surface area contributed by atoms with Crippen LogP contribution in [0.1, 0.15) is 22.4 Å². The van der Waals surface area contributed by atoms with Gasteiger partial charge in [0.1, 0.15) is 6.54 Å². The Kier molecular flexibility index (Phi) is 4.15. The molecule has 0 saturated carbocycles. The van der Waals surface area contributed by atoms with E-state index in [9.17, 15) is 4.79 Å². The first-order chi connectivity index (χ1) is 12.6. The molecule has 134 valence electrons. The van der Waals surface area contributed by atoms with Gasteiger partial charge in [-0.2, -0.15) is 0 Å². The summed E-state index contributed by atoms with van der Waals surface area (Å²) in [5.41, 5.74) is 6.04. The average Bonchev–Trinajstić information content (AvgIpc) is 2.92. The summed E-state index contributed by atoms with van der Waals surface area (Å²) < 4.78 is 6.95. The second-order valence-corrected chi connectivity index (χ2v) is 6.84. The van der Waals surface area contributed by atoms with Crippen LogP contribution < -0.4 is 4.90 Å². The van der Waals surface area contributed by atoms with E-state index in [1.54, 1.807) is 0 Å². The highest BCUT2D eigenvalue weighted by Gasteiger charge is 2.23. The highest BCUT2D eigenvalue weighted by molar-refractivity contribution is 5.94. The van der Waals surface area contributed by atoms with Crippen molar-refractivity contribution >= 4 is 22.7 Å². The summed E-state index contributed by atoms with van der Waals surface area (Å²) in [5.74, 6) is 0.695. The average molecular weight is 349 g/mol. The van der Waals surface area contributed by atoms with E-state index in [0.717, 1.165) is 41.9 Å². The minimum atomic E-state index is -0.246. The molecule has 0 bridgehead atoms. The predicted molar refractivity (Wildman–Crippen MR) is 102 cm³/mol. The van der Waals surface area contributed by atoms with Gasteiger partial charge in [-0.1, -0.05) is 24.3 Å². The number of rotatable bonds is 3. The zero-order valence-corrected chi connectivity index (χ0v) is 15.5. The molecule has 0 amide bonds. The fraction of sp³-hybridized carbons (Fsp3) is 0.333. The third-order valence-corrected chi connectivity index (χ3v) is 5.47. The molecule has 5 heteroatoms. The van der Waals surface area contributed by atoms with Crippen molar-refractivity contribution in [3.8, 4) is 0 Å². The zero-order valence-electron chi connectivity index (χ0n) is 15.5. The molecule has 0 N–H and O–H groups in total. The van der Waals surface area contributed by atoms with E-state index in [1.807, 2.05) is 23.8 Å². The van der Waals surface area contributed by atoms with Crippen LogP contribution in [0.2, 0.25) is 0 Å². The highest BCUT2D eigenvalue weighted by Crippen LogP contribution is 2.33. The van der Waals surface area contributed by atoms with Crippen molar-refractivity contribution in [1.82, 2.24) is 9.55 Å². The lowest BCUT2D eigenvalue weighted by molar-refractivity contribution is -0.141. The number of benzene rings is 1. The van der Waals surface area contributed by atoms with Gasteiger partial charge < -0.3 is 14.2 Å². The van der Waals surface area contributed by atoms with E-state index in [0.29, 0.717) is 0 Å². The number of carbonyl (C=O) groups excluding carboxylic acids is 1. The van der Waals surface area contributed by atoms with Crippen LogP contribution in [-0.4, -0.2) is 29.2 Å². The summed E-state index contributed by atoms with van der Waals surface area (Å²) in [6.45, 7) is 6.11. The van der Waals surface area contributed by atoms with Crippen LogP contribution in [-0.2, 0) is 29.0 Å². The molecular weight excluding hydrogens is 326 g/mol. The van der Waals surface area contributed by atoms with Crippen LogP contribution in [0.4, 0.5) is 5.82 Å². The number of pyridine rings is 1. The SMILES string of the molecule is COC(=O)Cn1c(C)c(C)c2ccnc(N3CCc4ccccc4C3)c21. The summed E-state index contributed by atoms with van der Waals surface area (Å²) in [6, 6.07) is 10.6. The smallest absolute Gasteiger partial charge is 0.325 e. The van der Waals surface area contributed by atoms with Crippen LogP contribution in [0, 0.1) is 13.8 Å². The van der Waals surface area contributed by atoms with Gasteiger partial charge in [-0.3, -0.25) is 4.79 Å². The van der Waals surface area contributed by atoms with Crippen molar-refractivity contribution in [2.75, 3.05) is 18.6 Å². The van der Waals surface area contributed by atoms with E-state index < -0.39 is 0 Å². The predicted octanol–water partition coefficient (Wildman–Crippen LogP) is 3.39. The summed E-state index contributed by atoms with van der Waals surface area (Å²) in [5, 5.41) is 1.15. The van der Waals surface area contributed by atoms with Crippen LogP contribution in [0.25, 0.3) is 10.9 Å². The molecule has 4 rings (SSSR count). The maximum Gasteiger partial charge on any atom is 0.325 e. The van der Waals surface area contributed by atoms with Crippen LogP contribution in [0.15, 0.2) is 36.5 Å². The van der Waals surface area contributed by atoms with Crippen molar-refractivity contribution in [3.63, 3.8) is 0 Å². The number of esters is 1. The second kappa shape index (κ2) is 6.48. The quantitative estimate of drug-likeness (QED) is 0.680. The first kappa shape index (κ1) is 16.6. The molecule has 5 nitrogen and oxygen atoms in total. The van der Waals surface area contributed by atoms with Crippen LogP contribution in [0.3, 0.4) is 0 Å². The standard InChI is InChI=1S/C21H23N3O2/c1-14-15(2)24(13-19(25)26-3)20-18(14)8-10-22-21(20)23-11-9-16-6-4-5-7-17(16)12-23/h4-8,10H,9,11-13H2,1-3H3. The minimum Gasteiger partial charge on any atom is -0.468 e. The Morgan fingerprint density at radius 1 is 1.19 bits per heavy atom. The molecule has 1 aliphatic rings. The summed E-state index contributed by atoms with van der Waals surface area (Å²) in [4.78, 5) is 19.0. The zero-order chi connectivity index (χ0) is 18.3. The molecule has 0 radical (unpaired) electrons. The summed E-state index contributed by atoms with van der Waals surface area (Å²) in [6.07, 6.45) is 2.87. The number of hydrogen-bond donors (Lipinski definition) is 0. The molecular formula is C21H23N3O2. The maximum atomic E-state index is 12.0. The Labute approximate surface area is 153 Å². The van der Waals surface area contributed by atoms with E-state index in [-0.39, 0.29) is 12.5 Å². The van der Waals surface area contributed by atoms with E-state index >= 15 is 0 Å². The number of nitrogens with zero attached hydrogens (tertiary/aromatic N) is 3. The molecule has 0 saturated heterocycles. The first-order valence-electron chi connectivity index (χ1n) is 8.93. The van der Waals surface area contributed by atoms with Gasteiger partial charge in [0.15, 0.2) is 5.82 Å². The molecule has 0 atom stereocenters. The van der Waals surface area contributed by atoms with E-state index in [4.69, 9.17) is 9.72 Å². The topological polar surface area (TPSA) is 47.4 Å². The first-order valence-corrected chi connectivity index (χ1v) is 8.93. The van der Waals surface area contributed by atoms with Crippen LogP contribution >= 0.6 is 0 Å². The summed E-state index contributed by atoms with van der Waals surface area (Å²) in [7, 11) is 1.43. The Hall–Kier alpha value is -2.82. The Bertz CT molecular complexity index is 990. The molecule has 3 heterocycles. The van der Waals surface area contributed by atoms with Crippen molar-refractivity contribution in [2.45, 2.75) is 33.4 Å². The molecule has 26 heavy (non-hydrogen) atoms. The van der Waals surface area contributed by atoms with Gasteiger partial charge in [0.2, 0.25) is 0 Å². The number of methoxy groups -OCH3 is 1. The Balaban J connectivity index is 1.83. The molecule has 1 aromatic carbocycles. The number of hydrogen-bond acceptors (Lipinski definition) is 4. The van der Waals surface area contributed by atoms with Crippen molar-refractivity contribution in [2.24, 2.45) is 0 Å². The van der Waals surface area contributed by atoms with Crippen LogP contribution in [0.5, 0.6) is 0 Å². The third kappa shape index (κ3) is 2.64. The lowest BCUT2D eigenvalue weighted by atomic mass is 10.00. The number of carbonyl (C=O) groups is 1. The molecule has 0 spiro atoms. The second-order valence-electron chi connectivity index (χ2n) is 6.84. The van der Waals surface area contributed by atoms with Crippen molar-refractivity contribution in [1.29, 1.82) is 0 Å². The third-order valence-electron chi connectivity index (χ3n) is 5.47. The lowest BCUT2D eigenvalue weighted by Gasteiger charge is -2.30. The monoisotopic (exact) mass is 349 g/mol. The lowest BCUT2D eigenvalue weighted by Crippen LogP contribution is -2.31. The number of fused-ring (bicyclic) bond motifs is 2. The molecule has 0 aliphatic carbocycles. The molecule has 0 fully saturated rings. The van der Waals surface area contributed by atoms with Gasteiger partial charge in [0.05, 0.1) is 12.6 Å². The minimum absolute atomic E-state index is 0.204. The molecule has 2 aromatic heterocycles. The van der Waals surface area contributed by atoms with Gasteiger partial charge >= 0.3 is 5.97 Å². The van der Waals surface area contributed by atoms with Gasteiger partial charge in [0.25, 0.3) is 0 Å². The molecule has 0 unspecified atom stereocenters. The molecule has 3 aromatic rings. The Morgan fingerprint density at radius 2 is 1.96 bits per heavy atom. The number of anilines is 1. The van der Waals surface area contributed by atoms with Crippen molar-refractivity contribution in [3.05, 3.63) is 58.9 Å². The fourth-order valence-electron chi connectivity index (χ4n) is 3.88. The highest BCUT2D eigenvalue weighted by atomic mass is 16.5. The number of aromatic nitrogens is 2. The maximum absolute atomic E-state index is 12.0. The Morgan fingerprint density at radius 3 is 2.73 bits per heavy atom. The van der Waals surface area contributed by atoms with Gasteiger partial charge in [-0.25, -0.2) is 4.98 Å². The largest absolute Gasteiger partial charge is 0.468 e. The van der Waals surface area contributed by atoms with Crippen molar-refractivity contribution < 1.29 is 9.53 Å². The van der Waals surface area contributed by atoms with Gasteiger partial charge in [-0.05, 0) is 43.0 Å². The molecule has 1 aliphatic heterocycles. The van der Waals surface area contributed by atoms with Gasteiger partial charge in [0, 0.05) is 30.4 Å². The summed E-state index contributed by atoms with van der Waals surface area (Å²) >= 11 is 0. The number of aryl methyl sites for hydroxylation is 1. The fourth-order valence-corrected chi connectivity index (χ4v) is 3.88. The normalized spacial score (nSPS) is 13.7. The number of ether oxygens (including phenoxy) is 1.